The lowest BCUT2D eigenvalue weighted by molar-refractivity contribution is 0.0918. The van der Waals surface area contributed by atoms with Crippen molar-refractivity contribution in [2.24, 2.45) is 0 Å². The summed E-state index contributed by atoms with van der Waals surface area (Å²) in [6.07, 6.45) is 2.95. The van der Waals surface area contributed by atoms with Gasteiger partial charge in [0.25, 0.3) is 5.91 Å². The van der Waals surface area contributed by atoms with Crippen LogP contribution in [0.15, 0.2) is 12.5 Å². The highest BCUT2D eigenvalue weighted by molar-refractivity contribution is 5.91. The van der Waals surface area contributed by atoms with E-state index < -0.39 is 0 Å². The van der Waals surface area contributed by atoms with Crippen molar-refractivity contribution in [1.29, 1.82) is 0 Å². The summed E-state index contributed by atoms with van der Waals surface area (Å²) in [7, 11) is 0. The van der Waals surface area contributed by atoms with Gasteiger partial charge in [0.1, 0.15) is 5.69 Å². The summed E-state index contributed by atoms with van der Waals surface area (Å²) in [5, 5.41) is 2.68. The van der Waals surface area contributed by atoms with Crippen molar-refractivity contribution >= 4 is 5.91 Å². The topological polar surface area (TPSA) is 67.0 Å². The SMILES string of the molecule is CCOCCNC(=O)c1cnc[nH]1. The molecule has 0 saturated carbocycles. The molecule has 1 heterocycles. The Hall–Kier alpha value is -1.36. The third-order valence-corrected chi connectivity index (χ3v) is 1.48. The van der Waals surface area contributed by atoms with E-state index in [9.17, 15) is 4.79 Å². The molecule has 1 amide bonds. The zero-order chi connectivity index (χ0) is 9.52. The summed E-state index contributed by atoms with van der Waals surface area (Å²) < 4.78 is 5.06. The maximum Gasteiger partial charge on any atom is 0.269 e. The predicted octanol–water partition coefficient (Wildman–Crippen LogP) is 0.176. The molecular weight excluding hydrogens is 170 g/mol. The van der Waals surface area contributed by atoms with Crippen LogP contribution >= 0.6 is 0 Å². The Balaban J connectivity index is 2.19. The average Bonchev–Trinajstić information content (AvgIpc) is 2.65. The van der Waals surface area contributed by atoms with E-state index in [-0.39, 0.29) is 5.91 Å². The molecule has 0 aliphatic rings. The number of ether oxygens (including phenoxy) is 1. The fourth-order valence-corrected chi connectivity index (χ4v) is 0.856. The molecule has 0 aliphatic heterocycles. The molecule has 0 fully saturated rings. The Bertz CT molecular complexity index is 246. The lowest BCUT2D eigenvalue weighted by Gasteiger charge is -2.02. The van der Waals surface area contributed by atoms with Gasteiger partial charge in [-0.3, -0.25) is 4.79 Å². The van der Waals surface area contributed by atoms with Crippen LogP contribution in [0.2, 0.25) is 0 Å². The van der Waals surface area contributed by atoms with E-state index in [2.05, 4.69) is 15.3 Å². The summed E-state index contributed by atoms with van der Waals surface area (Å²) >= 11 is 0. The second-order valence-electron chi connectivity index (χ2n) is 2.42. The van der Waals surface area contributed by atoms with Gasteiger partial charge in [0.15, 0.2) is 0 Å². The van der Waals surface area contributed by atoms with Crippen LogP contribution in [0.1, 0.15) is 17.4 Å². The van der Waals surface area contributed by atoms with E-state index >= 15 is 0 Å². The number of nitrogens with one attached hydrogen (secondary N) is 2. The highest BCUT2D eigenvalue weighted by Gasteiger charge is 2.04. The molecule has 0 spiro atoms. The average molecular weight is 183 g/mol. The van der Waals surface area contributed by atoms with Crippen molar-refractivity contribution in [1.82, 2.24) is 15.3 Å². The van der Waals surface area contributed by atoms with Gasteiger partial charge in [-0.1, -0.05) is 0 Å². The van der Waals surface area contributed by atoms with Crippen molar-refractivity contribution in [3.63, 3.8) is 0 Å². The number of carbonyl (C=O) groups excluding carboxylic acids is 1. The summed E-state index contributed by atoms with van der Waals surface area (Å²) in [5.41, 5.74) is 0.469. The standard InChI is InChI=1S/C8H13N3O2/c1-2-13-4-3-10-8(12)7-5-9-6-11-7/h5-6H,2-4H2,1H3,(H,9,11)(H,10,12). The van der Waals surface area contributed by atoms with Crippen LogP contribution in [-0.4, -0.2) is 35.6 Å². The predicted molar refractivity (Wildman–Crippen MR) is 47.4 cm³/mol. The number of aromatic nitrogens is 2. The Morgan fingerprint density at radius 1 is 1.77 bits per heavy atom. The largest absolute Gasteiger partial charge is 0.380 e. The number of rotatable bonds is 5. The number of imidazole rings is 1. The molecule has 0 saturated heterocycles. The molecule has 0 atom stereocenters. The van der Waals surface area contributed by atoms with E-state index in [1.165, 1.54) is 12.5 Å². The van der Waals surface area contributed by atoms with Gasteiger partial charge in [-0.05, 0) is 6.92 Å². The molecular formula is C8H13N3O2. The van der Waals surface area contributed by atoms with Gasteiger partial charge in [0, 0.05) is 13.2 Å². The Morgan fingerprint density at radius 3 is 3.23 bits per heavy atom. The van der Waals surface area contributed by atoms with Crippen LogP contribution in [0.4, 0.5) is 0 Å². The molecule has 5 heteroatoms. The molecule has 72 valence electrons. The molecule has 0 unspecified atom stereocenters. The van der Waals surface area contributed by atoms with Crippen LogP contribution in [0.25, 0.3) is 0 Å². The first kappa shape index (κ1) is 9.73. The molecule has 5 nitrogen and oxygen atoms in total. The quantitative estimate of drug-likeness (QED) is 0.640. The van der Waals surface area contributed by atoms with E-state index in [0.717, 1.165) is 0 Å². The molecule has 0 aromatic carbocycles. The number of hydrogen-bond donors (Lipinski definition) is 2. The van der Waals surface area contributed by atoms with Gasteiger partial charge < -0.3 is 15.0 Å². The third-order valence-electron chi connectivity index (χ3n) is 1.48. The first-order valence-electron chi connectivity index (χ1n) is 4.19. The van der Waals surface area contributed by atoms with Crippen molar-refractivity contribution in [3.05, 3.63) is 18.2 Å². The summed E-state index contributed by atoms with van der Waals surface area (Å²) in [4.78, 5) is 17.7. The van der Waals surface area contributed by atoms with Gasteiger partial charge in [-0.2, -0.15) is 0 Å². The fourth-order valence-electron chi connectivity index (χ4n) is 0.856. The van der Waals surface area contributed by atoms with E-state index in [1.807, 2.05) is 6.92 Å². The van der Waals surface area contributed by atoms with E-state index in [4.69, 9.17) is 4.74 Å². The Kier molecular flexibility index (Phi) is 3.98. The number of carbonyl (C=O) groups is 1. The molecule has 0 aliphatic carbocycles. The van der Waals surface area contributed by atoms with E-state index in [1.54, 1.807) is 0 Å². The van der Waals surface area contributed by atoms with E-state index in [0.29, 0.717) is 25.5 Å². The van der Waals surface area contributed by atoms with Crippen LogP contribution < -0.4 is 5.32 Å². The van der Waals surface area contributed by atoms with Crippen molar-refractivity contribution in [3.8, 4) is 0 Å². The van der Waals surface area contributed by atoms with Crippen LogP contribution in [0.3, 0.4) is 0 Å². The minimum absolute atomic E-state index is 0.155. The highest BCUT2D eigenvalue weighted by Crippen LogP contribution is 1.89. The molecule has 1 rings (SSSR count). The summed E-state index contributed by atoms with van der Waals surface area (Å²) in [6.45, 7) is 3.64. The van der Waals surface area contributed by atoms with Crippen molar-refractivity contribution in [2.75, 3.05) is 19.8 Å². The van der Waals surface area contributed by atoms with Crippen LogP contribution in [-0.2, 0) is 4.74 Å². The van der Waals surface area contributed by atoms with Crippen LogP contribution in [0.5, 0.6) is 0 Å². The first-order chi connectivity index (χ1) is 6.34. The zero-order valence-electron chi connectivity index (χ0n) is 7.54. The van der Waals surface area contributed by atoms with Crippen molar-refractivity contribution in [2.45, 2.75) is 6.92 Å². The number of aromatic amines is 1. The molecule has 13 heavy (non-hydrogen) atoms. The van der Waals surface area contributed by atoms with Crippen molar-refractivity contribution < 1.29 is 9.53 Å². The Morgan fingerprint density at radius 2 is 2.62 bits per heavy atom. The number of H-pyrrole nitrogens is 1. The number of amides is 1. The third kappa shape index (κ3) is 3.25. The van der Waals surface area contributed by atoms with Crippen LogP contribution in [0, 0.1) is 0 Å². The summed E-state index contributed by atoms with van der Waals surface area (Å²) in [6, 6.07) is 0. The monoisotopic (exact) mass is 183 g/mol. The van der Waals surface area contributed by atoms with Gasteiger partial charge in [0.05, 0.1) is 19.1 Å². The van der Waals surface area contributed by atoms with Gasteiger partial charge in [-0.25, -0.2) is 4.98 Å². The fraction of sp³-hybridized carbons (Fsp3) is 0.500. The van der Waals surface area contributed by atoms with Gasteiger partial charge in [-0.15, -0.1) is 0 Å². The number of hydrogen-bond acceptors (Lipinski definition) is 3. The molecule has 1 aromatic heterocycles. The maximum absolute atomic E-state index is 11.2. The second kappa shape index (κ2) is 5.31. The summed E-state index contributed by atoms with van der Waals surface area (Å²) in [5.74, 6) is -0.155. The minimum atomic E-state index is -0.155. The lowest BCUT2D eigenvalue weighted by atomic mass is 10.4. The van der Waals surface area contributed by atoms with Gasteiger partial charge >= 0.3 is 0 Å². The first-order valence-corrected chi connectivity index (χ1v) is 4.19. The Labute approximate surface area is 76.5 Å². The number of nitrogens with zero attached hydrogens (tertiary/aromatic N) is 1. The smallest absolute Gasteiger partial charge is 0.269 e. The van der Waals surface area contributed by atoms with Gasteiger partial charge in [0.2, 0.25) is 0 Å². The zero-order valence-corrected chi connectivity index (χ0v) is 7.54. The second-order valence-corrected chi connectivity index (χ2v) is 2.42. The highest BCUT2D eigenvalue weighted by atomic mass is 16.5. The molecule has 0 bridgehead atoms. The minimum Gasteiger partial charge on any atom is -0.380 e. The molecule has 0 radical (unpaired) electrons. The molecule has 2 N–H and O–H groups in total. The molecule has 1 aromatic rings. The lowest BCUT2D eigenvalue weighted by Crippen LogP contribution is -2.27. The normalized spacial score (nSPS) is 9.92. The maximum atomic E-state index is 11.2.